The summed E-state index contributed by atoms with van der Waals surface area (Å²) in [7, 11) is -1.41. The Labute approximate surface area is 150 Å². The fourth-order valence-corrected chi connectivity index (χ4v) is 5.02. The molecule has 0 unspecified atom stereocenters. The van der Waals surface area contributed by atoms with Crippen molar-refractivity contribution in [3.8, 4) is 0 Å². The number of nitrogens with one attached hydrogen (secondary N) is 2. The van der Waals surface area contributed by atoms with Crippen molar-refractivity contribution in [3.05, 3.63) is 51.9 Å². The molecule has 2 aromatic rings. The van der Waals surface area contributed by atoms with E-state index < -0.39 is 21.9 Å². The van der Waals surface area contributed by atoms with Gasteiger partial charge in [0.15, 0.2) is 4.21 Å². The van der Waals surface area contributed by atoms with Crippen molar-refractivity contribution in [2.24, 2.45) is 0 Å². The minimum Gasteiger partial charge on any atom is -0.465 e. The lowest BCUT2D eigenvalue weighted by Gasteiger charge is -2.07. The first-order chi connectivity index (χ1) is 11.8. The molecule has 0 fully saturated rings. The molecule has 0 saturated carbocycles. The fraction of sp³-hybridized carbons (Fsp3) is 0.250. The topological polar surface area (TPSA) is 102 Å². The molecule has 25 heavy (non-hydrogen) atoms. The first-order valence-corrected chi connectivity index (χ1v) is 9.59. The lowest BCUT2D eigenvalue weighted by molar-refractivity contribution is 0.0596. The van der Waals surface area contributed by atoms with E-state index in [1.165, 1.54) is 14.0 Å². The van der Waals surface area contributed by atoms with Crippen LogP contribution in [0.25, 0.3) is 0 Å². The highest BCUT2D eigenvalue weighted by molar-refractivity contribution is 7.91. The highest BCUT2D eigenvalue weighted by Crippen LogP contribution is 2.32. The van der Waals surface area contributed by atoms with E-state index >= 15 is 0 Å². The standard InChI is InChI=1S/C16H18N2O5S2/c1-10-12(15(20)23-3)16(24-13(10)14(19)17-2)25(21,22)18-9-11-7-5-4-6-8-11/h4-8,18H,9H2,1-3H3,(H,17,19). The molecule has 0 bridgehead atoms. The number of sulfonamides is 1. The summed E-state index contributed by atoms with van der Waals surface area (Å²) in [6.07, 6.45) is 0. The molecule has 134 valence electrons. The van der Waals surface area contributed by atoms with Gasteiger partial charge in [-0.1, -0.05) is 30.3 Å². The largest absolute Gasteiger partial charge is 0.465 e. The molecule has 1 aromatic heterocycles. The average Bonchev–Trinajstić information content (AvgIpc) is 2.98. The summed E-state index contributed by atoms with van der Waals surface area (Å²) in [4.78, 5) is 24.2. The zero-order valence-electron chi connectivity index (χ0n) is 14.0. The molecule has 9 heteroatoms. The molecular formula is C16H18N2O5S2. The molecule has 2 N–H and O–H groups in total. The Morgan fingerprint density at radius 3 is 2.40 bits per heavy atom. The van der Waals surface area contributed by atoms with Gasteiger partial charge in [0.05, 0.1) is 17.6 Å². The second-order valence-corrected chi connectivity index (χ2v) is 8.08. The average molecular weight is 382 g/mol. The van der Waals surface area contributed by atoms with Gasteiger partial charge in [-0.3, -0.25) is 4.79 Å². The van der Waals surface area contributed by atoms with Crippen molar-refractivity contribution < 1.29 is 22.7 Å². The maximum atomic E-state index is 12.7. The first-order valence-electron chi connectivity index (χ1n) is 7.29. The van der Waals surface area contributed by atoms with E-state index in [9.17, 15) is 18.0 Å². The van der Waals surface area contributed by atoms with E-state index in [0.29, 0.717) is 0 Å². The predicted molar refractivity (Wildman–Crippen MR) is 94.3 cm³/mol. The summed E-state index contributed by atoms with van der Waals surface area (Å²) in [5, 5.41) is 2.43. The monoisotopic (exact) mass is 382 g/mol. The summed E-state index contributed by atoms with van der Waals surface area (Å²) in [6, 6.07) is 8.97. The van der Waals surface area contributed by atoms with Gasteiger partial charge in [0.25, 0.3) is 15.9 Å². The van der Waals surface area contributed by atoms with E-state index in [0.717, 1.165) is 24.0 Å². The van der Waals surface area contributed by atoms with Crippen LogP contribution >= 0.6 is 11.3 Å². The number of hydrogen-bond donors (Lipinski definition) is 2. The summed E-state index contributed by atoms with van der Waals surface area (Å²) in [5.41, 5.74) is 0.924. The van der Waals surface area contributed by atoms with E-state index in [4.69, 9.17) is 0 Å². The molecule has 0 radical (unpaired) electrons. The van der Waals surface area contributed by atoms with Crippen LogP contribution in [0.1, 0.15) is 31.2 Å². The van der Waals surface area contributed by atoms with Crippen LogP contribution in [-0.4, -0.2) is 34.5 Å². The molecule has 0 aliphatic rings. The van der Waals surface area contributed by atoms with E-state index in [-0.39, 0.29) is 26.8 Å². The van der Waals surface area contributed by atoms with Gasteiger partial charge in [-0.05, 0) is 18.1 Å². The Balaban J connectivity index is 2.45. The number of rotatable bonds is 6. The molecule has 1 aromatic carbocycles. The van der Waals surface area contributed by atoms with Gasteiger partial charge in [0.2, 0.25) is 0 Å². The minimum atomic E-state index is -4.00. The summed E-state index contributed by atoms with van der Waals surface area (Å²) in [5.74, 6) is -1.26. The Morgan fingerprint density at radius 2 is 1.84 bits per heavy atom. The Hall–Kier alpha value is -2.23. The minimum absolute atomic E-state index is 0.0655. The van der Waals surface area contributed by atoms with Crippen molar-refractivity contribution in [1.29, 1.82) is 0 Å². The summed E-state index contributed by atoms with van der Waals surface area (Å²) >= 11 is 0.741. The van der Waals surface area contributed by atoms with Crippen LogP contribution in [0.2, 0.25) is 0 Å². The van der Waals surface area contributed by atoms with Crippen LogP contribution in [0.5, 0.6) is 0 Å². The van der Waals surface area contributed by atoms with Crippen LogP contribution in [0.15, 0.2) is 34.5 Å². The van der Waals surface area contributed by atoms with Gasteiger partial charge >= 0.3 is 5.97 Å². The van der Waals surface area contributed by atoms with Crippen molar-refractivity contribution in [2.75, 3.05) is 14.2 Å². The summed E-state index contributed by atoms with van der Waals surface area (Å²) in [6.45, 7) is 1.58. The summed E-state index contributed by atoms with van der Waals surface area (Å²) < 4.78 is 32.3. The number of esters is 1. The third-order valence-electron chi connectivity index (χ3n) is 3.49. The lowest BCUT2D eigenvalue weighted by Crippen LogP contribution is -2.24. The Bertz CT molecular complexity index is 889. The van der Waals surface area contributed by atoms with Crippen LogP contribution in [-0.2, 0) is 21.3 Å². The molecule has 0 saturated heterocycles. The Kier molecular flexibility index (Phi) is 5.93. The molecule has 0 aliphatic heterocycles. The highest BCUT2D eigenvalue weighted by Gasteiger charge is 2.31. The zero-order valence-corrected chi connectivity index (χ0v) is 15.6. The molecule has 2 rings (SSSR count). The molecule has 0 spiro atoms. The van der Waals surface area contributed by atoms with Gasteiger partial charge in [-0.15, -0.1) is 11.3 Å². The van der Waals surface area contributed by atoms with Crippen LogP contribution in [0.4, 0.5) is 0 Å². The lowest BCUT2D eigenvalue weighted by atomic mass is 10.1. The normalized spacial score (nSPS) is 11.2. The second-order valence-electron chi connectivity index (χ2n) is 5.10. The molecule has 7 nitrogen and oxygen atoms in total. The van der Waals surface area contributed by atoms with Crippen molar-refractivity contribution in [1.82, 2.24) is 10.0 Å². The fourth-order valence-electron chi connectivity index (χ4n) is 2.18. The molecule has 0 atom stereocenters. The van der Waals surface area contributed by atoms with Crippen LogP contribution in [0, 0.1) is 6.92 Å². The number of ether oxygens (including phenoxy) is 1. The van der Waals surface area contributed by atoms with Crippen LogP contribution in [0.3, 0.4) is 0 Å². The third kappa shape index (κ3) is 4.06. The molecule has 1 heterocycles. The van der Waals surface area contributed by atoms with Crippen LogP contribution < -0.4 is 10.0 Å². The van der Waals surface area contributed by atoms with Gasteiger partial charge in [0.1, 0.15) is 0 Å². The zero-order chi connectivity index (χ0) is 18.6. The van der Waals surface area contributed by atoms with E-state index in [2.05, 4.69) is 14.8 Å². The number of hydrogen-bond acceptors (Lipinski definition) is 6. The molecule has 0 aliphatic carbocycles. The number of carbonyl (C=O) groups is 2. The molecular weight excluding hydrogens is 364 g/mol. The number of benzene rings is 1. The predicted octanol–water partition coefficient (Wildman–Crippen LogP) is 1.68. The number of methoxy groups -OCH3 is 1. The van der Waals surface area contributed by atoms with Crippen molar-refractivity contribution in [3.63, 3.8) is 0 Å². The quantitative estimate of drug-likeness (QED) is 0.740. The number of thiophene rings is 1. The van der Waals surface area contributed by atoms with E-state index in [1.807, 2.05) is 6.07 Å². The number of carbonyl (C=O) groups excluding carboxylic acids is 2. The Morgan fingerprint density at radius 1 is 1.20 bits per heavy atom. The SMILES string of the molecule is CNC(=O)c1sc(S(=O)(=O)NCc2ccccc2)c(C(=O)OC)c1C. The smallest absolute Gasteiger partial charge is 0.340 e. The van der Waals surface area contributed by atoms with Gasteiger partial charge < -0.3 is 10.1 Å². The maximum Gasteiger partial charge on any atom is 0.340 e. The molecule has 1 amide bonds. The van der Waals surface area contributed by atoms with Gasteiger partial charge in [-0.2, -0.15) is 0 Å². The van der Waals surface area contributed by atoms with Crippen molar-refractivity contribution in [2.45, 2.75) is 17.7 Å². The van der Waals surface area contributed by atoms with Gasteiger partial charge in [-0.25, -0.2) is 17.9 Å². The maximum absolute atomic E-state index is 12.7. The van der Waals surface area contributed by atoms with Crippen molar-refractivity contribution >= 4 is 33.2 Å². The highest BCUT2D eigenvalue weighted by atomic mass is 32.2. The van der Waals surface area contributed by atoms with Gasteiger partial charge in [0, 0.05) is 13.6 Å². The third-order valence-corrected chi connectivity index (χ3v) is 6.70. The second kappa shape index (κ2) is 7.77. The number of amides is 1. The first kappa shape index (κ1) is 19.1. The van der Waals surface area contributed by atoms with E-state index in [1.54, 1.807) is 24.3 Å².